The molecule has 4 rings (SSSR count). The number of rotatable bonds is 6. The van der Waals surface area contributed by atoms with Crippen LogP contribution >= 0.6 is 11.3 Å². The van der Waals surface area contributed by atoms with Gasteiger partial charge in [0.15, 0.2) is 11.8 Å². The van der Waals surface area contributed by atoms with E-state index < -0.39 is 18.0 Å². The molecule has 1 unspecified atom stereocenters. The van der Waals surface area contributed by atoms with E-state index in [0.717, 1.165) is 24.3 Å². The Morgan fingerprint density at radius 1 is 1.23 bits per heavy atom. The monoisotopic (exact) mass is 441 g/mol. The number of hydrogen-bond acceptors (Lipinski definition) is 8. The van der Waals surface area contributed by atoms with Gasteiger partial charge < -0.3 is 19.7 Å². The van der Waals surface area contributed by atoms with Crippen molar-refractivity contribution in [2.75, 3.05) is 36.5 Å². The maximum absolute atomic E-state index is 12.5. The Morgan fingerprint density at radius 3 is 2.65 bits per heavy atom. The molecule has 1 fully saturated rings. The van der Waals surface area contributed by atoms with Crippen LogP contribution in [0.15, 0.2) is 42.0 Å². The van der Waals surface area contributed by atoms with Crippen LogP contribution in [0.5, 0.6) is 0 Å². The number of aromatic nitrogens is 3. The Bertz CT molecular complexity index is 1060. The summed E-state index contributed by atoms with van der Waals surface area (Å²) in [5.41, 5.74) is 2.70. The lowest BCUT2D eigenvalue weighted by Gasteiger charge is -2.28. The standard InChI is InChI=1S/C21H23N5O4S/c1-14(30-21(28)18-13-31-20(24-18)15-11-22-25(2)12-15)19(27)23-16-3-5-17(6-4-16)26-7-9-29-10-8-26/h3-6,11-14H,7-10H2,1-2H3,(H,23,27). The molecule has 1 amide bonds. The maximum atomic E-state index is 12.5. The molecule has 162 valence electrons. The van der Waals surface area contributed by atoms with Crippen molar-refractivity contribution in [2.24, 2.45) is 7.05 Å². The molecule has 9 nitrogen and oxygen atoms in total. The van der Waals surface area contributed by atoms with E-state index in [-0.39, 0.29) is 5.69 Å². The molecule has 0 saturated carbocycles. The fourth-order valence-electron chi connectivity index (χ4n) is 3.13. The molecule has 2 aromatic heterocycles. The number of anilines is 2. The molecule has 1 aromatic carbocycles. The first kappa shape index (κ1) is 21.0. The molecule has 3 heterocycles. The first-order valence-corrected chi connectivity index (χ1v) is 10.8. The van der Waals surface area contributed by atoms with Gasteiger partial charge in [0, 0.05) is 48.7 Å². The van der Waals surface area contributed by atoms with E-state index in [2.05, 4.69) is 20.3 Å². The summed E-state index contributed by atoms with van der Waals surface area (Å²) in [5, 5.41) is 9.15. The van der Waals surface area contributed by atoms with Gasteiger partial charge in [-0.1, -0.05) is 0 Å². The van der Waals surface area contributed by atoms with Gasteiger partial charge in [-0.2, -0.15) is 5.10 Å². The number of thiazole rings is 1. The smallest absolute Gasteiger partial charge is 0.358 e. The molecular formula is C21H23N5O4S. The molecule has 1 aliphatic rings. The minimum atomic E-state index is -0.963. The number of morpholine rings is 1. The largest absolute Gasteiger partial charge is 0.448 e. The number of ether oxygens (including phenoxy) is 2. The third-order valence-corrected chi connectivity index (χ3v) is 5.72. The zero-order valence-corrected chi connectivity index (χ0v) is 18.1. The second kappa shape index (κ2) is 9.27. The molecule has 0 spiro atoms. The Balaban J connectivity index is 1.32. The number of hydrogen-bond donors (Lipinski definition) is 1. The minimum Gasteiger partial charge on any atom is -0.448 e. The summed E-state index contributed by atoms with van der Waals surface area (Å²) in [6.07, 6.45) is 2.53. The van der Waals surface area contributed by atoms with Gasteiger partial charge in [-0.15, -0.1) is 11.3 Å². The van der Waals surface area contributed by atoms with Crippen LogP contribution in [0.1, 0.15) is 17.4 Å². The van der Waals surface area contributed by atoms with Gasteiger partial charge in [0.25, 0.3) is 5.91 Å². The van der Waals surface area contributed by atoms with Gasteiger partial charge in [-0.25, -0.2) is 9.78 Å². The average molecular weight is 442 g/mol. The highest BCUT2D eigenvalue weighted by molar-refractivity contribution is 7.13. The first-order chi connectivity index (χ1) is 15.0. The van der Waals surface area contributed by atoms with E-state index in [1.54, 1.807) is 16.3 Å². The van der Waals surface area contributed by atoms with E-state index in [1.807, 2.05) is 37.5 Å². The molecule has 1 aliphatic heterocycles. The summed E-state index contributed by atoms with van der Waals surface area (Å²) in [6, 6.07) is 7.56. The van der Waals surface area contributed by atoms with Crippen molar-refractivity contribution in [3.05, 3.63) is 47.7 Å². The van der Waals surface area contributed by atoms with Gasteiger partial charge in [0.2, 0.25) is 0 Å². The van der Waals surface area contributed by atoms with E-state index >= 15 is 0 Å². The van der Waals surface area contributed by atoms with Crippen LogP contribution in [0, 0.1) is 0 Å². The van der Waals surface area contributed by atoms with Crippen LogP contribution in [0.25, 0.3) is 10.6 Å². The lowest BCUT2D eigenvalue weighted by atomic mass is 10.2. The zero-order chi connectivity index (χ0) is 21.8. The quantitative estimate of drug-likeness (QED) is 0.587. The van der Waals surface area contributed by atoms with Crippen LogP contribution in [-0.2, 0) is 21.3 Å². The van der Waals surface area contributed by atoms with Crippen molar-refractivity contribution < 1.29 is 19.1 Å². The Morgan fingerprint density at radius 2 is 1.97 bits per heavy atom. The number of esters is 1. The maximum Gasteiger partial charge on any atom is 0.358 e. The van der Waals surface area contributed by atoms with Crippen LogP contribution in [0.3, 0.4) is 0 Å². The zero-order valence-electron chi connectivity index (χ0n) is 17.3. The van der Waals surface area contributed by atoms with Gasteiger partial charge in [0.05, 0.1) is 19.4 Å². The van der Waals surface area contributed by atoms with Crippen molar-refractivity contribution in [1.82, 2.24) is 14.8 Å². The number of nitrogens with zero attached hydrogens (tertiary/aromatic N) is 4. The second-order valence-electron chi connectivity index (χ2n) is 7.12. The van der Waals surface area contributed by atoms with Gasteiger partial charge in [0.1, 0.15) is 5.01 Å². The highest BCUT2D eigenvalue weighted by atomic mass is 32.1. The molecule has 0 aliphatic carbocycles. The van der Waals surface area contributed by atoms with Gasteiger partial charge in [-0.3, -0.25) is 9.48 Å². The van der Waals surface area contributed by atoms with Crippen LogP contribution in [0.4, 0.5) is 11.4 Å². The molecule has 1 saturated heterocycles. The van der Waals surface area contributed by atoms with Crippen molar-refractivity contribution in [3.8, 4) is 10.6 Å². The normalized spacial score (nSPS) is 14.8. The summed E-state index contributed by atoms with van der Waals surface area (Å²) < 4.78 is 12.3. The van der Waals surface area contributed by atoms with E-state index in [4.69, 9.17) is 9.47 Å². The predicted octanol–water partition coefficient (Wildman–Crippen LogP) is 2.56. The fourth-order valence-corrected chi connectivity index (χ4v) is 3.89. The lowest BCUT2D eigenvalue weighted by Crippen LogP contribution is -2.36. The van der Waals surface area contributed by atoms with Crippen molar-refractivity contribution in [1.29, 1.82) is 0 Å². The topological polar surface area (TPSA) is 98.6 Å². The molecule has 0 bridgehead atoms. The van der Waals surface area contributed by atoms with Gasteiger partial charge in [-0.05, 0) is 31.2 Å². The lowest BCUT2D eigenvalue weighted by molar-refractivity contribution is -0.123. The number of aryl methyl sites for hydroxylation is 1. The highest BCUT2D eigenvalue weighted by Gasteiger charge is 2.21. The molecule has 10 heteroatoms. The summed E-state index contributed by atoms with van der Waals surface area (Å²) in [4.78, 5) is 31.4. The molecule has 3 aromatic rings. The SMILES string of the molecule is CC(OC(=O)c1csc(-c2cnn(C)c2)n1)C(=O)Nc1ccc(N2CCOCC2)cc1. The van der Waals surface area contributed by atoms with Crippen molar-refractivity contribution in [3.63, 3.8) is 0 Å². The Hall–Kier alpha value is -3.24. The van der Waals surface area contributed by atoms with Crippen LogP contribution in [0.2, 0.25) is 0 Å². The number of carbonyl (C=O) groups is 2. The number of carbonyl (C=O) groups excluding carboxylic acids is 2. The summed E-state index contributed by atoms with van der Waals surface area (Å²) >= 11 is 1.32. The summed E-state index contributed by atoms with van der Waals surface area (Å²) in [5.74, 6) is -1.05. The van der Waals surface area contributed by atoms with Crippen LogP contribution < -0.4 is 10.2 Å². The summed E-state index contributed by atoms with van der Waals surface area (Å²) in [7, 11) is 1.81. The number of amides is 1. The third-order valence-electron chi connectivity index (χ3n) is 4.83. The van der Waals surface area contributed by atoms with Crippen molar-refractivity contribution in [2.45, 2.75) is 13.0 Å². The minimum absolute atomic E-state index is 0.165. The second-order valence-corrected chi connectivity index (χ2v) is 7.98. The fraction of sp³-hybridized carbons (Fsp3) is 0.333. The molecular weight excluding hydrogens is 418 g/mol. The van der Waals surface area contributed by atoms with E-state index in [9.17, 15) is 9.59 Å². The molecule has 0 radical (unpaired) electrons. The first-order valence-electron chi connectivity index (χ1n) is 9.89. The molecule has 1 atom stereocenters. The summed E-state index contributed by atoms with van der Waals surface area (Å²) in [6.45, 7) is 4.65. The third kappa shape index (κ3) is 5.09. The Kier molecular flexibility index (Phi) is 6.28. The van der Waals surface area contributed by atoms with E-state index in [0.29, 0.717) is 23.9 Å². The average Bonchev–Trinajstić information content (AvgIpc) is 3.44. The van der Waals surface area contributed by atoms with Crippen molar-refractivity contribution >= 4 is 34.6 Å². The van der Waals surface area contributed by atoms with Gasteiger partial charge >= 0.3 is 5.97 Å². The number of nitrogens with one attached hydrogen (secondary N) is 1. The van der Waals surface area contributed by atoms with Crippen LogP contribution in [-0.4, -0.2) is 59.0 Å². The highest BCUT2D eigenvalue weighted by Crippen LogP contribution is 2.24. The van der Waals surface area contributed by atoms with E-state index in [1.165, 1.54) is 18.3 Å². The molecule has 31 heavy (non-hydrogen) atoms. The molecule has 1 N–H and O–H groups in total. The number of benzene rings is 1. The predicted molar refractivity (Wildman–Crippen MR) is 117 cm³/mol. The Labute approximate surface area is 183 Å².